The van der Waals surface area contributed by atoms with Crippen LogP contribution in [0.2, 0.25) is 0 Å². The molecule has 0 aliphatic heterocycles. The maximum atomic E-state index is 11.4. The lowest BCUT2D eigenvalue weighted by Crippen LogP contribution is -2.11. The highest BCUT2D eigenvalue weighted by Crippen LogP contribution is 2.33. The summed E-state index contributed by atoms with van der Waals surface area (Å²) in [5.74, 6) is 1.31. The molecule has 19 heavy (non-hydrogen) atoms. The number of ether oxygens (including phenoxy) is 1. The lowest BCUT2D eigenvalue weighted by Gasteiger charge is -2.16. The van der Waals surface area contributed by atoms with Crippen molar-refractivity contribution >= 4 is 17.4 Å². The fraction of sp³-hybridized carbons (Fsp3) is 0.533. The summed E-state index contributed by atoms with van der Waals surface area (Å²) in [6.45, 7) is 5.96. The van der Waals surface area contributed by atoms with E-state index in [0.717, 1.165) is 6.42 Å². The van der Waals surface area contributed by atoms with Crippen molar-refractivity contribution in [3.05, 3.63) is 23.3 Å². The highest BCUT2D eigenvalue weighted by Gasteiger charge is 2.16. The van der Waals surface area contributed by atoms with Crippen molar-refractivity contribution in [3.8, 4) is 11.5 Å². The summed E-state index contributed by atoms with van der Waals surface area (Å²) in [6.07, 6.45) is 1.55. The van der Waals surface area contributed by atoms with E-state index >= 15 is 0 Å². The van der Waals surface area contributed by atoms with Crippen LogP contribution >= 0.6 is 11.6 Å². The molecule has 4 heteroatoms. The van der Waals surface area contributed by atoms with E-state index in [1.807, 2.05) is 13.8 Å². The number of carbonyl (C=O) groups excluding carboxylic acids is 1. The Kier molecular flexibility index (Phi) is 6.16. The zero-order chi connectivity index (χ0) is 14.4. The van der Waals surface area contributed by atoms with Gasteiger partial charge in [0.2, 0.25) is 0 Å². The molecule has 0 heterocycles. The molecule has 1 aromatic rings. The normalized spacial score (nSPS) is 12.2. The molecule has 1 atom stereocenters. The molecule has 0 aromatic heterocycles. The quantitative estimate of drug-likeness (QED) is 0.612. The molecule has 0 amide bonds. The number of phenols is 1. The number of aromatic hydroxyl groups is 1. The number of ketones is 1. The third-order valence-corrected chi connectivity index (χ3v) is 3.43. The monoisotopic (exact) mass is 284 g/mol. The SMILES string of the molecule is CCCc1c(OCC(C)CCl)ccc(C(C)=O)c1O. The second kappa shape index (κ2) is 7.39. The zero-order valence-electron chi connectivity index (χ0n) is 11.7. The Bertz CT molecular complexity index is 443. The van der Waals surface area contributed by atoms with Gasteiger partial charge in [-0.1, -0.05) is 20.3 Å². The number of benzene rings is 1. The molecule has 0 fully saturated rings. The molecule has 0 saturated heterocycles. The van der Waals surface area contributed by atoms with Crippen molar-refractivity contribution in [2.24, 2.45) is 5.92 Å². The Labute approximate surface area is 119 Å². The molecule has 0 saturated carbocycles. The van der Waals surface area contributed by atoms with Crippen LogP contribution in [-0.2, 0) is 6.42 Å². The summed E-state index contributed by atoms with van der Waals surface area (Å²) in [5, 5.41) is 10.2. The predicted octanol–water partition coefficient (Wildman–Crippen LogP) is 3.80. The van der Waals surface area contributed by atoms with Crippen molar-refractivity contribution in [1.82, 2.24) is 0 Å². The third-order valence-electron chi connectivity index (χ3n) is 2.91. The van der Waals surface area contributed by atoms with Crippen molar-refractivity contribution in [2.75, 3.05) is 12.5 Å². The van der Waals surface area contributed by atoms with Crippen LogP contribution < -0.4 is 4.74 Å². The van der Waals surface area contributed by atoms with Crippen LogP contribution in [0.3, 0.4) is 0 Å². The first-order valence-corrected chi connectivity index (χ1v) is 7.09. The van der Waals surface area contributed by atoms with E-state index in [1.54, 1.807) is 12.1 Å². The molecule has 0 spiro atoms. The van der Waals surface area contributed by atoms with Crippen LogP contribution in [-0.4, -0.2) is 23.4 Å². The van der Waals surface area contributed by atoms with Gasteiger partial charge in [-0.15, -0.1) is 11.6 Å². The average Bonchev–Trinajstić information content (AvgIpc) is 2.38. The maximum absolute atomic E-state index is 11.4. The number of rotatable bonds is 7. The van der Waals surface area contributed by atoms with Crippen molar-refractivity contribution in [2.45, 2.75) is 33.6 Å². The molecule has 0 bridgehead atoms. The molecule has 1 aromatic carbocycles. The molecule has 1 N–H and O–H groups in total. The minimum Gasteiger partial charge on any atom is -0.507 e. The molecule has 106 valence electrons. The second-order valence-corrected chi connectivity index (χ2v) is 5.12. The molecule has 1 rings (SSSR count). The van der Waals surface area contributed by atoms with Crippen LogP contribution in [0.1, 0.15) is 43.1 Å². The molecule has 0 radical (unpaired) electrons. The summed E-state index contributed by atoms with van der Waals surface area (Å²) in [7, 11) is 0. The van der Waals surface area contributed by atoms with E-state index in [4.69, 9.17) is 16.3 Å². The number of hydrogen-bond acceptors (Lipinski definition) is 3. The Balaban J connectivity index is 3.03. The van der Waals surface area contributed by atoms with E-state index in [-0.39, 0.29) is 17.5 Å². The largest absolute Gasteiger partial charge is 0.507 e. The van der Waals surface area contributed by atoms with Gasteiger partial charge in [0, 0.05) is 17.4 Å². The number of Topliss-reactive ketones (excluding diaryl/α,β-unsaturated/α-hetero) is 1. The number of hydrogen-bond donors (Lipinski definition) is 1. The van der Waals surface area contributed by atoms with Gasteiger partial charge in [-0.05, 0) is 25.5 Å². The minimum absolute atomic E-state index is 0.0466. The maximum Gasteiger partial charge on any atom is 0.163 e. The van der Waals surface area contributed by atoms with Gasteiger partial charge < -0.3 is 9.84 Å². The van der Waals surface area contributed by atoms with Gasteiger partial charge in [0.25, 0.3) is 0 Å². The highest BCUT2D eigenvalue weighted by atomic mass is 35.5. The van der Waals surface area contributed by atoms with E-state index < -0.39 is 0 Å². The van der Waals surface area contributed by atoms with E-state index in [9.17, 15) is 9.90 Å². The Morgan fingerprint density at radius 3 is 2.68 bits per heavy atom. The second-order valence-electron chi connectivity index (χ2n) is 4.82. The van der Waals surface area contributed by atoms with E-state index in [1.165, 1.54) is 6.92 Å². The highest BCUT2D eigenvalue weighted by molar-refractivity contribution is 6.18. The topological polar surface area (TPSA) is 46.5 Å². The summed E-state index contributed by atoms with van der Waals surface area (Å²) in [4.78, 5) is 11.4. The molecule has 0 aliphatic rings. The number of alkyl halides is 1. The van der Waals surface area contributed by atoms with Gasteiger partial charge in [-0.25, -0.2) is 0 Å². The number of carbonyl (C=O) groups is 1. The number of halogens is 1. The zero-order valence-corrected chi connectivity index (χ0v) is 12.5. The fourth-order valence-electron chi connectivity index (χ4n) is 1.81. The van der Waals surface area contributed by atoms with Gasteiger partial charge in [0.1, 0.15) is 11.5 Å². The third kappa shape index (κ3) is 4.13. The molecule has 3 nitrogen and oxygen atoms in total. The lowest BCUT2D eigenvalue weighted by atomic mass is 10.0. The van der Waals surface area contributed by atoms with Crippen molar-refractivity contribution < 1.29 is 14.6 Å². The van der Waals surface area contributed by atoms with Crippen LogP contribution in [0.4, 0.5) is 0 Å². The number of phenolic OH excluding ortho intramolecular Hbond substituents is 1. The Morgan fingerprint density at radius 2 is 2.16 bits per heavy atom. The fourth-order valence-corrected chi connectivity index (χ4v) is 1.89. The summed E-state index contributed by atoms with van der Waals surface area (Å²) >= 11 is 5.74. The smallest absolute Gasteiger partial charge is 0.163 e. The first kappa shape index (κ1) is 15.8. The standard InChI is InChI=1S/C15H21ClO3/c1-4-5-13-14(19-9-10(2)8-16)7-6-12(11(3)17)15(13)18/h6-7,10,18H,4-5,8-9H2,1-3H3. The molecular formula is C15H21ClO3. The minimum atomic E-state index is -0.143. The first-order chi connectivity index (χ1) is 9.01. The predicted molar refractivity (Wildman–Crippen MR) is 77.5 cm³/mol. The first-order valence-electron chi connectivity index (χ1n) is 6.55. The summed E-state index contributed by atoms with van der Waals surface area (Å²) in [6, 6.07) is 3.36. The van der Waals surface area contributed by atoms with Gasteiger partial charge in [0.15, 0.2) is 5.78 Å². The summed E-state index contributed by atoms with van der Waals surface area (Å²) < 4.78 is 5.70. The van der Waals surface area contributed by atoms with Crippen molar-refractivity contribution in [1.29, 1.82) is 0 Å². The Hall–Kier alpha value is -1.22. The summed E-state index contributed by atoms with van der Waals surface area (Å²) in [5.41, 5.74) is 1.05. The van der Waals surface area contributed by atoms with Gasteiger partial charge >= 0.3 is 0 Å². The average molecular weight is 285 g/mol. The van der Waals surface area contributed by atoms with Crippen LogP contribution in [0, 0.1) is 5.92 Å². The van der Waals surface area contributed by atoms with Crippen LogP contribution in [0.25, 0.3) is 0 Å². The molecular weight excluding hydrogens is 264 g/mol. The Morgan fingerprint density at radius 1 is 1.47 bits per heavy atom. The van der Waals surface area contributed by atoms with Crippen molar-refractivity contribution in [3.63, 3.8) is 0 Å². The molecule has 1 unspecified atom stereocenters. The van der Waals surface area contributed by atoms with Gasteiger partial charge in [-0.3, -0.25) is 4.79 Å². The van der Waals surface area contributed by atoms with Crippen LogP contribution in [0.5, 0.6) is 11.5 Å². The van der Waals surface area contributed by atoms with E-state index in [2.05, 4.69) is 0 Å². The lowest BCUT2D eigenvalue weighted by molar-refractivity contribution is 0.101. The van der Waals surface area contributed by atoms with E-state index in [0.29, 0.717) is 35.8 Å². The van der Waals surface area contributed by atoms with Crippen LogP contribution in [0.15, 0.2) is 12.1 Å². The van der Waals surface area contributed by atoms with Gasteiger partial charge in [0.05, 0.1) is 12.2 Å². The van der Waals surface area contributed by atoms with Gasteiger partial charge in [-0.2, -0.15) is 0 Å². The molecule has 0 aliphatic carbocycles.